The van der Waals surface area contributed by atoms with Crippen molar-refractivity contribution >= 4 is 29.3 Å². The largest absolute Gasteiger partial charge is 0.618 e. The lowest BCUT2D eigenvalue weighted by atomic mass is 10.00. The molecule has 0 radical (unpaired) electrons. The summed E-state index contributed by atoms with van der Waals surface area (Å²) < 4.78 is 58.4. The van der Waals surface area contributed by atoms with Crippen molar-refractivity contribution in [2.75, 3.05) is 43.7 Å². The number of aliphatic hydroxyl groups excluding tert-OH is 1. The van der Waals surface area contributed by atoms with Gasteiger partial charge >= 0.3 is 12.1 Å². The molecule has 1 unspecified atom stereocenters. The van der Waals surface area contributed by atoms with Crippen LogP contribution in [0.25, 0.3) is 17.2 Å². The monoisotopic (exact) mass is 719 g/mol. The highest BCUT2D eigenvalue weighted by molar-refractivity contribution is 6.09. The molecule has 0 bridgehead atoms. The summed E-state index contributed by atoms with van der Waals surface area (Å²) >= 11 is 0. The number of amides is 2. The van der Waals surface area contributed by atoms with E-state index in [4.69, 9.17) is 14.2 Å². The van der Waals surface area contributed by atoms with Gasteiger partial charge in [0.1, 0.15) is 18.1 Å². The highest BCUT2D eigenvalue weighted by Crippen LogP contribution is 2.36. The van der Waals surface area contributed by atoms with E-state index in [0.29, 0.717) is 40.8 Å². The van der Waals surface area contributed by atoms with Crippen molar-refractivity contribution in [3.8, 4) is 22.6 Å². The molecule has 2 N–H and O–H groups in total. The predicted molar refractivity (Wildman–Crippen MR) is 190 cm³/mol. The number of alkyl halides is 3. The van der Waals surface area contributed by atoms with Gasteiger partial charge in [-0.2, -0.15) is 17.9 Å². The molecular weight excluding hydrogens is 679 g/mol. The minimum Gasteiger partial charge on any atom is -0.618 e. The number of hydrogen-bond donors (Lipinski definition) is 2. The van der Waals surface area contributed by atoms with Gasteiger partial charge in [0.15, 0.2) is 12.3 Å². The van der Waals surface area contributed by atoms with E-state index in [-0.39, 0.29) is 45.9 Å². The number of rotatable bonds is 13. The van der Waals surface area contributed by atoms with Crippen molar-refractivity contribution in [2.45, 2.75) is 45.4 Å². The van der Waals surface area contributed by atoms with Gasteiger partial charge in [-0.25, -0.2) is 0 Å². The zero-order chi connectivity index (χ0) is 37.4. The zero-order valence-corrected chi connectivity index (χ0v) is 29.0. The molecule has 1 aliphatic heterocycles. The number of aryl methyl sites for hydroxylation is 1. The van der Waals surface area contributed by atoms with Crippen LogP contribution in [0.3, 0.4) is 0 Å². The second kappa shape index (κ2) is 16.7. The molecule has 1 aliphatic rings. The SMILES string of the molecule is CCCCOCCOc1ccc(-c2ccc3c(c2)C=C(C(=O)Nc2ccc(C(O)c4cc(C)cc[n+]4[O-])c(OC)c2)CCN3C(=O)C(F)(F)F)cc1. The molecule has 0 spiro atoms. The number of ether oxygens (including phenoxy) is 3. The van der Waals surface area contributed by atoms with Crippen LogP contribution in [0.1, 0.15) is 54.7 Å². The van der Waals surface area contributed by atoms with Gasteiger partial charge in [0.2, 0.25) is 5.69 Å². The summed E-state index contributed by atoms with van der Waals surface area (Å²) in [7, 11) is 1.37. The first-order valence-corrected chi connectivity index (χ1v) is 16.8. The first-order valence-electron chi connectivity index (χ1n) is 16.8. The number of methoxy groups -OCH3 is 1. The zero-order valence-electron chi connectivity index (χ0n) is 29.0. The number of hydrogen-bond acceptors (Lipinski definition) is 7. The standard InChI is InChI=1S/C39H40F3N3O7/c1-4-5-18-51-19-20-52-31-10-6-26(7-11-31)27-8-13-33-29(22-27)23-28(15-16-44(33)38(48)39(40,41)42)37(47)43-30-9-12-32(35(24-30)50-3)36(46)34-21-25(2)14-17-45(34)49/h6-14,17,21-24,36,46H,4-5,15-16,18-20H2,1-3H3,(H,43,47). The molecule has 4 aromatic rings. The predicted octanol–water partition coefficient (Wildman–Crippen LogP) is 6.90. The Hall–Kier alpha value is -5.40. The van der Waals surface area contributed by atoms with Crippen molar-refractivity contribution in [3.63, 3.8) is 0 Å². The van der Waals surface area contributed by atoms with Crippen LogP contribution in [0.2, 0.25) is 0 Å². The second-order valence-corrected chi connectivity index (χ2v) is 12.3. The molecule has 274 valence electrons. The third-order valence-electron chi connectivity index (χ3n) is 8.53. The third kappa shape index (κ3) is 9.09. The second-order valence-electron chi connectivity index (χ2n) is 12.3. The van der Waals surface area contributed by atoms with Crippen LogP contribution in [0, 0.1) is 12.1 Å². The van der Waals surface area contributed by atoms with E-state index >= 15 is 0 Å². The van der Waals surface area contributed by atoms with E-state index in [9.17, 15) is 33.1 Å². The Balaban J connectivity index is 1.39. The number of aromatic nitrogens is 1. The molecule has 2 amide bonds. The lowest BCUT2D eigenvalue weighted by molar-refractivity contribution is -0.617. The van der Waals surface area contributed by atoms with Gasteiger partial charge < -0.3 is 34.7 Å². The van der Waals surface area contributed by atoms with Crippen molar-refractivity contribution in [1.29, 1.82) is 0 Å². The number of anilines is 2. The highest BCUT2D eigenvalue weighted by atomic mass is 19.4. The molecule has 2 heterocycles. The number of nitrogens with zero attached hydrogens (tertiary/aromatic N) is 2. The lowest BCUT2D eigenvalue weighted by Crippen LogP contribution is -2.42. The van der Waals surface area contributed by atoms with Gasteiger partial charge in [-0.05, 0) is 78.4 Å². The first kappa shape index (κ1) is 37.8. The average molecular weight is 720 g/mol. The van der Waals surface area contributed by atoms with E-state index in [1.54, 1.807) is 43.3 Å². The van der Waals surface area contributed by atoms with Crippen LogP contribution in [0.15, 0.2) is 84.6 Å². The molecule has 3 aromatic carbocycles. The fourth-order valence-electron chi connectivity index (χ4n) is 5.76. The number of carbonyl (C=O) groups is 2. The molecule has 5 rings (SSSR count). The van der Waals surface area contributed by atoms with Gasteiger partial charge in [-0.3, -0.25) is 9.59 Å². The molecule has 52 heavy (non-hydrogen) atoms. The summed E-state index contributed by atoms with van der Waals surface area (Å²) in [5.74, 6) is -1.83. The Morgan fingerprint density at radius 2 is 1.75 bits per heavy atom. The fraction of sp³-hybridized carbons (Fsp3) is 0.308. The van der Waals surface area contributed by atoms with Gasteiger partial charge in [0, 0.05) is 48.2 Å². The van der Waals surface area contributed by atoms with Gasteiger partial charge in [-0.1, -0.05) is 37.6 Å². The number of unbranched alkanes of at least 4 members (excludes halogenated alkanes) is 1. The van der Waals surface area contributed by atoms with Crippen LogP contribution in [0.5, 0.6) is 11.5 Å². The summed E-state index contributed by atoms with van der Waals surface area (Å²) in [4.78, 5) is 26.8. The van der Waals surface area contributed by atoms with Crippen LogP contribution >= 0.6 is 0 Å². The first-order chi connectivity index (χ1) is 24.9. The van der Waals surface area contributed by atoms with Crippen molar-refractivity contribution in [2.24, 2.45) is 0 Å². The van der Waals surface area contributed by atoms with Gasteiger partial charge in [0.05, 0.1) is 19.4 Å². The maximum Gasteiger partial charge on any atom is 0.471 e. The Morgan fingerprint density at radius 1 is 1.00 bits per heavy atom. The summed E-state index contributed by atoms with van der Waals surface area (Å²) in [5.41, 5.74) is 3.21. The number of fused-ring (bicyclic) bond motifs is 1. The van der Waals surface area contributed by atoms with Crippen LogP contribution in [-0.4, -0.2) is 56.6 Å². The molecule has 1 atom stereocenters. The van der Waals surface area contributed by atoms with Crippen molar-refractivity contribution < 1.29 is 46.8 Å². The number of pyridine rings is 1. The van der Waals surface area contributed by atoms with Gasteiger partial charge in [0.25, 0.3) is 5.91 Å². The highest BCUT2D eigenvalue weighted by Gasteiger charge is 2.44. The Kier molecular flexibility index (Phi) is 12.2. The molecule has 0 saturated heterocycles. The summed E-state index contributed by atoms with van der Waals surface area (Å²) in [6, 6.07) is 19.5. The number of nitrogens with one attached hydrogen (secondary N) is 1. The minimum atomic E-state index is -5.13. The van der Waals surface area contributed by atoms with Gasteiger partial charge in [-0.15, -0.1) is 0 Å². The maximum absolute atomic E-state index is 13.7. The Bertz CT molecular complexity index is 1930. The van der Waals surface area contributed by atoms with Crippen LogP contribution in [-0.2, 0) is 14.3 Å². The Morgan fingerprint density at radius 3 is 2.46 bits per heavy atom. The molecule has 13 heteroatoms. The topological polar surface area (TPSA) is 124 Å². The molecule has 10 nitrogen and oxygen atoms in total. The number of aliphatic hydroxyl groups is 1. The number of halogens is 3. The lowest BCUT2D eigenvalue weighted by Gasteiger charge is -2.24. The molecular formula is C39H40F3N3O7. The van der Waals surface area contributed by atoms with Crippen LogP contribution in [0.4, 0.5) is 24.5 Å². The molecule has 0 aliphatic carbocycles. The van der Waals surface area contributed by atoms with E-state index < -0.39 is 30.6 Å². The Labute approximate surface area is 299 Å². The third-order valence-corrected chi connectivity index (χ3v) is 8.53. The van der Waals surface area contributed by atoms with E-state index in [1.165, 1.54) is 43.6 Å². The smallest absolute Gasteiger partial charge is 0.471 e. The minimum absolute atomic E-state index is 0.0173. The number of carbonyl (C=O) groups excluding carboxylic acids is 2. The summed E-state index contributed by atoms with van der Waals surface area (Å²) in [6.07, 6.45) is -1.84. The maximum atomic E-state index is 13.7. The fourth-order valence-corrected chi connectivity index (χ4v) is 5.76. The molecule has 0 fully saturated rings. The van der Waals surface area contributed by atoms with E-state index in [0.717, 1.165) is 24.0 Å². The van der Waals surface area contributed by atoms with Crippen molar-refractivity contribution in [3.05, 3.63) is 112 Å². The van der Waals surface area contributed by atoms with E-state index in [1.807, 2.05) is 12.1 Å². The average Bonchev–Trinajstić information content (AvgIpc) is 3.32. The van der Waals surface area contributed by atoms with Crippen molar-refractivity contribution in [1.82, 2.24) is 0 Å². The molecule has 1 aromatic heterocycles. The van der Waals surface area contributed by atoms with Crippen LogP contribution < -0.4 is 24.4 Å². The normalized spacial score (nSPS) is 13.4. The number of benzene rings is 3. The summed E-state index contributed by atoms with van der Waals surface area (Å²) in [5, 5.41) is 26.1. The summed E-state index contributed by atoms with van der Waals surface area (Å²) in [6.45, 7) is 5.00. The van der Waals surface area contributed by atoms with E-state index in [2.05, 4.69) is 12.2 Å². The molecule has 0 saturated carbocycles. The quantitative estimate of drug-likeness (QED) is 0.0875.